The van der Waals surface area contributed by atoms with Crippen LogP contribution in [0.1, 0.15) is 25.7 Å². The second kappa shape index (κ2) is 7.37. The number of carbonyl (C=O) groups is 4. The molecule has 1 aliphatic heterocycles. The molecule has 98 valence electrons. The number of nitrogens with zero attached hydrogens (tertiary/aromatic N) is 1. The number of nitrogens with one attached hydrogen (secondary N) is 1. The molecule has 0 fully saturated rings. The van der Waals surface area contributed by atoms with E-state index in [-0.39, 0.29) is 30.7 Å². The van der Waals surface area contributed by atoms with Crippen molar-refractivity contribution in [3.8, 4) is 0 Å². The van der Waals surface area contributed by atoms with Gasteiger partial charge in [0.1, 0.15) is 6.29 Å². The number of imide groups is 1. The molecule has 1 aliphatic rings. The lowest BCUT2D eigenvalue weighted by molar-refractivity contribution is -0.137. The average molecular weight is 252 g/mol. The smallest absolute Gasteiger partial charge is 0.253 e. The zero-order valence-electron chi connectivity index (χ0n) is 10.1. The third-order valence-corrected chi connectivity index (χ3v) is 2.53. The molecule has 0 spiro atoms. The number of hydrogen-bond donors (Lipinski definition) is 1. The Morgan fingerprint density at radius 1 is 1.22 bits per heavy atom. The molecule has 0 bridgehead atoms. The van der Waals surface area contributed by atoms with E-state index in [1.807, 2.05) is 0 Å². The third-order valence-electron chi connectivity index (χ3n) is 2.53. The van der Waals surface area contributed by atoms with Gasteiger partial charge in [-0.25, -0.2) is 0 Å². The molecule has 1 heterocycles. The van der Waals surface area contributed by atoms with Crippen LogP contribution in [0.2, 0.25) is 0 Å². The standard InChI is InChI=1S/C12H16N2O4/c15-9-3-1-2-7-13-10(16)6-8-14-11(17)4-5-12(14)18/h4-5,9H,1-3,6-8H2,(H,13,16). The molecule has 0 radical (unpaired) electrons. The van der Waals surface area contributed by atoms with Crippen molar-refractivity contribution in [3.63, 3.8) is 0 Å². The van der Waals surface area contributed by atoms with E-state index in [4.69, 9.17) is 0 Å². The summed E-state index contributed by atoms with van der Waals surface area (Å²) in [6.07, 6.45) is 5.33. The summed E-state index contributed by atoms with van der Waals surface area (Å²) >= 11 is 0. The van der Waals surface area contributed by atoms with Crippen molar-refractivity contribution in [2.75, 3.05) is 13.1 Å². The highest BCUT2D eigenvalue weighted by Crippen LogP contribution is 2.03. The Hall–Kier alpha value is -1.98. The monoisotopic (exact) mass is 252 g/mol. The largest absolute Gasteiger partial charge is 0.356 e. The molecule has 0 unspecified atom stereocenters. The number of unbranched alkanes of at least 4 members (excludes halogenated alkanes) is 2. The van der Waals surface area contributed by atoms with Gasteiger partial charge in [0, 0.05) is 38.1 Å². The number of amides is 3. The van der Waals surface area contributed by atoms with Crippen molar-refractivity contribution in [3.05, 3.63) is 12.2 Å². The van der Waals surface area contributed by atoms with Crippen molar-refractivity contribution in [1.29, 1.82) is 0 Å². The van der Waals surface area contributed by atoms with Gasteiger partial charge in [0.15, 0.2) is 0 Å². The summed E-state index contributed by atoms with van der Waals surface area (Å²) in [7, 11) is 0. The Bertz CT molecular complexity index is 358. The first-order valence-electron chi connectivity index (χ1n) is 5.89. The minimum absolute atomic E-state index is 0.102. The molecule has 3 amide bonds. The number of aldehydes is 1. The van der Waals surface area contributed by atoms with E-state index in [0.29, 0.717) is 13.0 Å². The first-order valence-corrected chi connectivity index (χ1v) is 5.89. The van der Waals surface area contributed by atoms with E-state index >= 15 is 0 Å². The topological polar surface area (TPSA) is 83.6 Å². The minimum atomic E-state index is -0.376. The van der Waals surface area contributed by atoms with Gasteiger partial charge in [-0.05, 0) is 12.8 Å². The highest BCUT2D eigenvalue weighted by atomic mass is 16.2. The normalized spacial score (nSPS) is 14.1. The summed E-state index contributed by atoms with van der Waals surface area (Å²) in [5, 5.41) is 2.67. The molecular weight excluding hydrogens is 236 g/mol. The summed E-state index contributed by atoms with van der Waals surface area (Å²) in [6.45, 7) is 0.609. The summed E-state index contributed by atoms with van der Waals surface area (Å²) in [4.78, 5) is 44.8. The quantitative estimate of drug-likeness (QED) is 0.368. The lowest BCUT2D eigenvalue weighted by atomic mass is 10.2. The highest BCUT2D eigenvalue weighted by Gasteiger charge is 2.23. The van der Waals surface area contributed by atoms with Gasteiger partial charge in [0.25, 0.3) is 11.8 Å². The Balaban J connectivity index is 2.12. The molecule has 0 aromatic heterocycles. The SMILES string of the molecule is O=CCCCCNC(=O)CCN1C(=O)C=CC1=O. The van der Waals surface area contributed by atoms with Gasteiger partial charge in [-0.1, -0.05) is 0 Å². The van der Waals surface area contributed by atoms with Crippen molar-refractivity contribution >= 4 is 24.0 Å². The lowest BCUT2D eigenvalue weighted by Gasteiger charge is -2.13. The molecule has 0 saturated heterocycles. The molecular formula is C12H16N2O4. The second-order valence-electron chi connectivity index (χ2n) is 3.92. The summed E-state index contributed by atoms with van der Waals surface area (Å²) in [5.74, 6) is -0.953. The van der Waals surface area contributed by atoms with Crippen LogP contribution in [0.5, 0.6) is 0 Å². The molecule has 0 aliphatic carbocycles. The van der Waals surface area contributed by atoms with E-state index in [1.165, 1.54) is 12.2 Å². The van der Waals surface area contributed by atoms with Crippen LogP contribution in [0.4, 0.5) is 0 Å². The summed E-state index contributed by atoms with van der Waals surface area (Å²) < 4.78 is 0. The second-order valence-corrected chi connectivity index (χ2v) is 3.92. The van der Waals surface area contributed by atoms with Crippen LogP contribution in [0, 0.1) is 0 Å². The Labute approximate surface area is 105 Å². The van der Waals surface area contributed by atoms with Crippen molar-refractivity contribution in [1.82, 2.24) is 10.2 Å². The van der Waals surface area contributed by atoms with Gasteiger partial charge in [0.05, 0.1) is 0 Å². The fourth-order valence-corrected chi connectivity index (χ4v) is 1.53. The molecule has 6 nitrogen and oxygen atoms in total. The zero-order chi connectivity index (χ0) is 13.4. The van der Waals surface area contributed by atoms with Crippen LogP contribution in [0.15, 0.2) is 12.2 Å². The first kappa shape index (κ1) is 14.1. The van der Waals surface area contributed by atoms with Crippen LogP contribution >= 0.6 is 0 Å². The third kappa shape index (κ3) is 4.48. The Morgan fingerprint density at radius 3 is 2.50 bits per heavy atom. The van der Waals surface area contributed by atoms with E-state index in [2.05, 4.69) is 5.32 Å². The molecule has 0 aromatic rings. The number of carbonyl (C=O) groups excluding carboxylic acids is 4. The summed E-state index contributed by atoms with van der Waals surface area (Å²) in [5.41, 5.74) is 0. The van der Waals surface area contributed by atoms with E-state index < -0.39 is 0 Å². The van der Waals surface area contributed by atoms with Gasteiger partial charge < -0.3 is 10.1 Å². The molecule has 1 N–H and O–H groups in total. The highest BCUT2D eigenvalue weighted by molar-refractivity contribution is 6.13. The predicted octanol–water partition coefficient (Wildman–Crippen LogP) is -0.213. The minimum Gasteiger partial charge on any atom is -0.356 e. The fraction of sp³-hybridized carbons (Fsp3) is 0.500. The van der Waals surface area contributed by atoms with Gasteiger partial charge >= 0.3 is 0 Å². The van der Waals surface area contributed by atoms with Gasteiger partial charge in [0.2, 0.25) is 5.91 Å². The van der Waals surface area contributed by atoms with Crippen molar-refractivity contribution in [2.45, 2.75) is 25.7 Å². The van der Waals surface area contributed by atoms with Crippen LogP contribution < -0.4 is 5.32 Å². The van der Waals surface area contributed by atoms with E-state index in [1.54, 1.807) is 0 Å². The van der Waals surface area contributed by atoms with Crippen LogP contribution in [0.25, 0.3) is 0 Å². The number of hydrogen-bond acceptors (Lipinski definition) is 4. The molecule has 0 aromatic carbocycles. The number of rotatable bonds is 8. The molecule has 0 saturated carbocycles. The zero-order valence-corrected chi connectivity index (χ0v) is 10.1. The summed E-state index contributed by atoms with van der Waals surface area (Å²) in [6, 6.07) is 0. The molecule has 0 atom stereocenters. The Morgan fingerprint density at radius 2 is 1.89 bits per heavy atom. The van der Waals surface area contributed by atoms with Gasteiger partial charge in [-0.3, -0.25) is 19.3 Å². The molecule has 6 heteroatoms. The average Bonchev–Trinajstić information content (AvgIpc) is 2.66. The predicted molar refractivity (Wildman–Crippen MR) is 63.4 cm³/mol. The maximum atomic E-state index is 11.4. The van der Waals surface area contributed by atoms with E-state index in [0.717, 1.165) is 24.0 Å². The van der Waals surface area contributed by atoms with Gasteiger partial charge in [-0.15, -0.1) is 0 Å². The van der Waals surface area contributed by atoms with Gasteiger partial charge in [-0.2, -0.15) is 0 Å². The first-order chi connectivity index (χ1) is 8.65. The Kier molecular flexibility index (Phi) is 5.76. The fourth-order valence-electron chi connectivity index (χ4n) is 1.53. The molecule has 18 heavy (non-hydrogen) atoms. The van der Waals surface area contributed by atoms with Crippen molar-refractivity contribution in [2.24, 2.45) is 0 Å². The van der Waals surface area contributed by atoms with Crippen molar-refractivity contribution < 1.29 is 19.2 Å². The van der Waals surface area contributed by atoms with E-state index in [9.17, 15) is 19.2 Å². The maximum absolute atomic E-state index is 11.4. The van der Waals surface area contributed by atoms with Crippen LogP contribution in [-0.4, -0.2) is 42.0 Å². The maximum Gasteiger partial charge on any atom is 0.253 e. The van der Waals surface area contributed by atoms with Crippen LogP contribution in [0.3, 0.4) is 0 Å². The molecule has 1 rings (SSSR count). The van der Waals surface area contributed by atoms with Crippen LogP contribution in [-0.2, 0) is 19.2 Å². The lowest BCUT2D eigenvalue weighted by Crippen LogP contribution is -2.34.